The first kappa shape index (κ1) is 16.7. The molecule has 1 aromatic rings. The zero-order valence-electron chi connectivity index (χ0n) is 12.2. The number of hydrogen-bond donors (Lipinski definition) is 2. The van der Waals surface area contributed by atoms with Gasteiger partial charge in [-0.2, -0.15) is 0 Å². The Morgan fingerprint density at radius 3 is 2.81 bits per heavy atom. The molecule has 0 unspecified atom stereocenters. The number of carbonyl (C=O) groups is 1. The van der Waals surface area contributed by atoms with Crippen molar-refractivity contribution in [1.29, 1.82) is 0 Å². The molecule has 1 aromatic carbocycles. The summed E-state index contributed by atoms with van der Waals surface area (Å²) in [6, 6.07) is 9.33. The Hall–Kier alpha value is -0.650. The maximum Gasteiger partial charge on any atom is 0.220 e. The molecule has 3 nitrogen and oxygen atoms in total. The fraction of sp³-hybridized carbons (Fsp3) is 0.562. The van der Waals surface area contributed by atoms with Crippen molar-refractivity contribution in [2.24, 2.45) is 0 Å². The van der Waals surface area contributed by atoms with Crippen LogP contribution in [-0.4, -0.2) is 28.6 Å². The summed E-state index contributed by atoms with van der Waals surface area (Å²) in [5.41, 5.74) is 0.952. The Kier molecular flexibility index (Phi) is 7.47. The molecule has 5 heteroatoms. The monoisotopic (exact) mass is 325 g/mol. The summed E-state index contributed by atoms with van der Waals surface area (Å²) in [6.45, 7) is -0.0638. The van der Waals surface area contributed by atoms with Gasteiger partial charge in [-0.3, -0.25) is 4.79 Å². The molecule has 0 spiro atoms. The van der Waals surface area contributed by atoms with E-state index in [1.54, 1.807) is 0 Å². The van der Waals surface area contributed by atoms with Crippen LogP contribution in [0, 0.1) is 0 Å². The van der Waals surface area contributed by atoms with Crippen LogP contribution in [-0.2, 0) is 4.79 Å². The molecule has 0 aromatic heterocycles. The highest BCUT2D eigenvalue weighted by Gasteiger charge is 2.16. The average Bonchev–Trinajstić information content (AvgIpc) is 3.03. The SMILES string of the molecule is O=C(CCCC[C@@H]1CCSS1)N[C@H](CO)c1ccccc1. The normalized spacial score (nSPS) is 19.4. The first-order chi connectivity index (χ1) is 10.3. The van der Waals surface area contributed by atoms with Crippen LogP contribution in [0.3, 0.4) is 0 Å². The lowest BCUT2D eigenvalue weighted by Crippen LogP contribution is -2.30. The summed E-state index contributed by atoms with van der Waals surface area (Å²) in [4.78, 5) is 12.0. The Balaban J connectivity index is 1.65. The topological polar surface area (TPSA) is 49.3 Å². The zero-order valence-corrected chi connectivity index (χ0v) is 13.8. The highest BCUT2D eigenvalue weighted by Crippen LogP contribution is 2.39. The third kappa shape index (κ3) is 5.93. The van der Waals surface area contributed by atoms with Gasteiger partial charge in [-0.1, -0.05) is 58.3 Å². The lowest BCUT2D eigenvalue weighted by Gasteiger charge is -2.16. The van der Waals surface area contributed by atoms with Crippen LogP contribution in [0.4, 0.5) is 0 Å². The van der Waals surface area contributed by atoms with E-state index in [0.29, 0.717) is 6.42 Å². The predicted octanol–water partition coefficient (Wildman–Crippen LogP) is 3.55. The molecule has 1 aliphatic heterocycles. The van der Waals surface area contributed by atoms with Crippen molar-refractivity contribution in [3.05, 3.63) is 35.9 Å². The van der Waals surface area contributed by atoms with Gasteiger partial charge in [0.2, 0.25) is 5.91 Å². The van der Waals surface area contributed by atoms with Crippen molar-refractivity contribution in [2.75, 3.05) is 12.4 Å². The number of amides is 1. The molecule has 21 heavy (non-hydrogen) atoms. The third-order valence-corrected chi connectivity index (χ3v) is 6.63. The van der Waals surface area contributed by atoms with Crippen molar-refractivity contribution in [3.63, 3.8) is 0 Å². The summed E-state index contributed by atoms with van der Waals surface area (Å²) >= 11 is 0. The second-order valence-electron chi connectivity index (χ2n) is 5.29. The van der Waals surface area contributed by atoms with Gasteiger partial charge in [0.05, 0.1) is 12.6 Å². The van der Waals surface area contributed by atoms with Crippen LogP contribution in [0.5, 0.6) is 0 Å². The van der Waals surface area contributed by atoms with Crippen molar-refractivity contribution in [2.45, 2.75) is 43.4 Å². The highest BCUT2D eigenvalue weighted by molar-refractivity contribution is 8.77. The fourth-order valence-electron chi connectivity index (χ4n) is 2.41. The van der Waals surface area contributed by atoms with Crippen molar-refractivity contribution >= 4 is 27.5 Å². The van der Waals surface area contributed by atoms with Crippen LogP contribution < -0.4 is 5.32 Å². The molecule has 1 heterocycles. The number of unbranched alkanes of at least 4 members (excludes halogenated alkanes) is 1. The minimum Gasteiger partial charge on any atom is -0.394 e. The van der Waals surface area contributed by atoms with Crippen molar-refractivity contribution in [3.8, 4) is 0 Å². The van der Waals surface area contributed by atoms with Crippen LogP contribution in [0.25, 0.3) is 0 Å². The maximum atomic E-state index is 12.0. The summed E-state index contributed by atoms with van der Waals surface area (Å²) in [6.07, 6.45) is 5.12. The van der Waals surface area contributed by atoms with Gasteiger partial charge in [-0.15, -0.1) is 0 Å². The van der Waals surface area contributed by atoms with E-state index in [9.17, 15) is 9.90 Å². The minimum atomic E-state index is -0.291. The fourth-order valence-corrected chi connectivity index (χ4v) is 5.44. The molecule has 0 bridgehead atoms. The average molecular weight is 325 g/mol. The van der Waals surface area contributed by atoms with Crippen molar-refractivity contribution < 1.29 is 9.90 Å². The quantitative estimate of drug-likeness (QED) is 0.567. The third-order valence-electron chi connectivity index (χ3n) is 3.63. The molecule has 0 saturated carbocycles. The van der Waals surface area contributed by atoms with Gasteiger partial charge < -0.3 is 10.4 Å². The Labute approximate surface area is 134 Å². The molecular weight excluding hydrogens is 302 g/mol. The van der Waals surface area contributed by atoms with Gasteiger partial charge in [-0.25, -0.2) is 0 Å². The van der Waals surface area contributed by atoms with E-state index < -0.39 is 0 Å². The molecule has 116 valence electrons. The second-order valence-corrected chi connectivity index (χ2v) is 8.08. The standard InChI is InChI=1S/C16H23NO2S2/c18-12-15(13-6-2-1-3-7-13)17-16(19)9-5-4-8-14-10-11-20-21-14/h1-3,6-7,14-15,18H,4-5,8-12H2,(H,17,19)/t14-,15-/m1/s1. The van der Waals surface area contributed by atoms with Crippen molar-refractivity contribution in [1.82, 2.24) is 5.32 Å². The lowest BCUT2D eigenvalue weighted by atomic mass is 10.1. The number of hydrogen-bond acceptors (Lipinski definition) is 4. The Morgan fingerprint density at radius 2 is 2.14 bits per heavy atom. The number of rotatable bonds is 8. The molecule has 0 radical (unpaired) electrons. The van der Waals surface area contributed by atoms with Gasteiger partial charge in [0.25, 0.3) is 0 Å². The summed E-state index contributed by atoms with van der Waals surface area (Å²) in [5, 5.41) is 13.1. The predicted molar refractivity (Wildman–Crippen MR) is 91.3 cm³/mol. The Bertz CT molecular complexity index is 422. The van der Waals surface area contributed by atoms with E-state index in [0.717, 1.165) is 23.7 Å². The van der Waals surface area contributed by atoms with Gasteiger partial charge >= 0.3 is 0 Å². The minimum absolute atomic E-state index is 0.0337. The van der Waals surface area contributed by atoms with E-state index in [4.69, 9.17) is 0 Å². The van der Waals surface area contributed by atoms with Gasteiger partial charge in [0.1, 0.15) is 0 Å². The molecule has 2 rings (SSSR count). The van der Waals surface area contributed by atoms with Crippen LogP contribution in [0.2, 0.25) is 0 Å². The van der Waals surface area contributed by atoms with Gasteiger partial charge in [-0.05, 0) is 24.8 Å². The number of aliphatic hydroxyl groups excluding tert-OH is 1. The Morgan fingerprint density at radius 1 is 1.33 bits per heavy atom. The van der Waals surface area contributed by atoms with Crippen LogP contribution >= 0.6 is 21.6 Å². The molecule has 1 fully saturated rings. The number of carbonyl (C=O) groups excluding carboxylic acids is 1. The first-order valence-corrected chi connectivity index (χ1v) is 9.91. The number of nitrogens with one attached hydrogen (secondary N) is 1. The van der Waals surface area contributed by atoms with E-state index >= 15 is 0 Å². The number of benzene rings is 1. The lowest BCUT2D eigenvalue weighted by molar-refractivity contribution is -0.122. The first-order valence-electron chi connectivity index (χ1n) is 7.53. The van der Waals surface area contributed by atoms with E-state index in [-0.39, 0.29) is 18.6 Å². The molecule has 1 saturated heterocycles. The maximum absolute atomic E-state index is 12.0. The largest absolute Gasteiger partial charge is 0.394 e. The smallest absolute Gasteiger partial charge is 0.220 e. The zero-order chi connectivity index (χ0) is 14.9. The molecule has 2 N–H and O–H groups in total. The van der Waals surface area contributed by atoms with E-state index in [1.165, 1.54) is 18.6 Å². The number of aliphatic hydroxyl groups is 1. The summed E-state index contributed by atoms with van der Waals surface area (Å²) in [7, 11) is 3.96. The second kappa shape index (κ2) is 9.38. The summed E-state index contributed by atoms with van der Waals surface area (Å²) < 4.78 is 0. The molecule has 1 aliphatic rings. The van der Waals surface area contributed by atoms with Crippen LogP contribution in [0.15, 0.2) is 30.3 Å². The molecule has 2 atom stereocenters. The van der Waals surface area contributed by atoms with Gasteiger partial charge in [0, 0.05) is 17.4 Å². The van der Waals surface area contributed by atoms with E-state index in [1.807, 2.05) is 51.9 Å². The molecular formula is C16H23NO2S2. The van der Waals surface area contributed by atoms with Crippen LogP contribution in [0.1, 0.15) is 43.7 Å². The summed E-state index contributed by atoms with van der Waals surface area (Å²) in [5.74, 6) is 1.30. The van der Waals surface area contributed by atoms with Gasteiger partial charge in [0.15, 0.2) is 0 Å². The molecule has 0 aliphatic carbocycles. The van der Waals surface area contributed by atoms with E-state index in [2.05, 4.69) is 5.32 Å². The molecule has 1 amide bonds. The highest BCUT2D eigenvalue weighted by atomic mass is 33.1.